The molecule has 4 heteroatoms. The van der Waals surface area contributed by atoms with Crippen LogP contribution in [0.1, 0.15) is 32.3 Å². The Morgan fingerprint density at radius 1 is 1.08 bits per heavy atom. The summed E-state index contributed by atoms with van der Waals surface area (Å²) in [5, 5.41) is 0. The van der Waals surface area contributed by atoms with Crippen LogP contribution in [-0.4, -0.2) is 18.9 Å². The first-order valence-electron chi connectivity index (χ1n) is 8.37. The average molecular weight is 327 g/mol. The topological polar surface area (TPSA) is 38.8 Å². The summed E-state index contributed by atoms with van der Waals surface area (Å²) in [5.41, 5.74) is 2.14. The molecule has 0 heterocycles. The summed E-state index contributed by atoms with van der Waals surface area (Å²) < 4.78 is 10.7. The molecule has 4 nitrogen and oxygen atoms in total. The molecule has 0 saturated carbocycles. The number of unbranched alkanes of at least 4 members (excludes halogenated alkanes) is 1. The standard InChI is InChI=1S/C20H25NO3/c1-4-5-15-21(18-9-7-6-8-10-18)17(3)23-20(22)24-19-13-11-16(2)12-14-19/h6-14,17H,4-5,15H2,1-3H3. The van der Waals surface area contributed by atoms with Gasteiger partial charge in [0.15, 0.2) is 6.23 Å². The number of benzene rings is 2. The van der Waals surface area contributed by atoms with Crippen molar-refractivity contribution in [1.82, 2.24) is 0 Å². The van der Waals surface area contributed by atoms with Crippen molar-refractivity contribution in [2.75, 3.05) is 11.4 Å². The van der Waals surface area contributed by atoms with Gasteiger partial charge in [0.05, 0.1) is 0 Å². The van der Waals surface area contributed by atoms with Crippen LogP contribution in [0.15, 0.2) is 54.6 Å². The van der Waals surface area contributed by atoms with E-state index in [0.717, 1.165) is 30.6 Å². The monoisotopic (exact) mass is 327 g/mol. The SMILES string of the molecule is CCCCN(c1ccccc1)C(C)OC(=O)Oc1ccc(C)cc1. The third-order valence-corrected chi connectivity index (χ3v) is 3.77. The van der Waals surface area contributed by atoms with Crippen LogP contribution in [-0.2, 0) is 4.74 Å². The Bertz CT molecular complexity index is 625. The minimum absolute atomic E-state index is 0.406. The maximum Gasteiger partial charge on any atom is 0.515 e. The Hall–Kier alpha value is -2.49. The van der Waals surface area contributed by atoms with E-state index in [0.29, 0.717) is 5.75 Å². The predicted octanol–water partition coefficient (Wildman–Crippen LogP) is 5.16. The van der Waals surface area contributed by atoms with Crippen LogP contribution in [0.4, 0.5) is 10.5 Å². The maximum absolute atomic E-state index is 12.0. The molecule has 2 aromatic rings. The van der Waals surface area contributed by atoms with Crippen molar-refractivity contribution < 1.29 is 14.3 Å². The largest absolute Gasteiger partial charge is 0.515 e. The first-order valence-corrected chi connectivity index (χ1v) is 8.37. The number of anilines is 1. The van der Waals surface area contributed by atoms with Crippen LogP contribution in [0.3, 0.4) is 0 Å². The Kier molecular flexibility index (Phi) is 6.67. The molecule has 128 valence electrons. The van der Waals surface area contributed by atoms with E-state index in [1.54, 1.807) is 12.1 Å². The van der Waals surface area contributed by atoms with Crippen molar-refractivity contribution in [1.29, 1.82) is 0 Å². The van der Waals surface area contributed by atoms with E-state index in [4.69, 9.17) is 9.47 Å². The second kappa shape index (κ2) is 8.96. The van der Waals surface area contributed by atoms with Gasteiger partial charge in [-0.05, 0) is 44.5 Å². The van der Waals surface area contributed by atoms with Crippen molar-refractivity contribution in [2.45, 2.75) is 39.8 Å². The lowest BCUT2D eigenvalue weighted by Crippen LogP contribution is -2.38. The summed E-state index contributed by atoms with van der Waals surface area (Å²) in [6.07, 6.45) is 1.00. The third kappa shape index (κ3) is 5.30. The number of hydrogen-bond acceptors (Lipinski definition) is 4. The Morgan fingerprint density at radius 3 is 2.38 bits per heavy atom. The summed E-state index contributed by atoms with van der Waals surface area (Å²) in [7, 11) is 0. The van der Waals surface area contributed by atoms with E-state index >= 15 is 0 Å². The van der Waals surface area contributed by atoms with Gasteiger partial charge in [-0.2, -0.15) is 0 Å². The first-order chi connectivity index (χ1) is 11.6. The molecule has 24 heavy (non-hydrogen) atoms. The molecule has 0 radical (unpaired) electrons. The number of ether oxygens (including phenoxy) is 2. The van der Waals surface area contributed by atoms with E-state index < -0.39 is 12.4 Å². The van der Waals surface area contributed by atoms with E-state index in [9.17, 15) is 4.79 Å². The van der Waals surface area contributed by atoms with E-state index in [1.165, 1.54) is 0 Å². The number of aryl methyl sites for hydroxylation is 1. The molecule has 1 atom stereocenters. The Labute approximate surface area is 144 Å². The molecule has 1 unspecified atom stereocenters. The second-order valence-electron chi connectivity index (χ2n) is 5.76. The zero-order valence-electron chi connectivity index (χ0n) is 14.6. The number of carbonyl (C=O) groups excluding carboxylic acids is 1. The number of para-hydroxylation sites is 1. The molecule has 0 fully saturated rings. The van der Waals surface area contributed by atoms with Crippen molar-refractivity contribution in [3.8, 4) is 5.75 Å². The number of carbonyl (C=O) groups is 1. The molecule has 0 aliphatic carbocycles. The molecule has 0 aliphatic rings. The lowest BCUT2D eigenvalue weighted by molar-refractivity contribution is 0.0640. The third-order valence-electron chi connectivity index (χ3n) is 3.77. The van der Waals surface area contributed by atoms with Crippen LogP contribution < -0.4 is 9.64 Å². The molecular weight excluding hydrogens is 302 g/mol. The predicted molar refractivity (Wildman–Crippen MR) is 96.4 cm³/mol. The summed E-state index contributed by atoms with van der Waals surface area (Å²) in [6, 6.07) is 17.3. The van der Waals surface area contributed by atoms with Crippen LogP contribution in [0.25, 0.3) is 0 Å². The van der Waals surface area contributed by atoms with Crippen LogP contribution in [0.5, 0.6) is 5.75 Å². The number of rotatable bonds is 7. The van der Waals surface area contributed by atoms with E-state index in [1.807, 2.05) is 56.3 Å². The van der Waals surface area contributed by atoms with E-state index in [2.05, 4.69) is 11.8 Å². The highest BCUT2D eigenvalue weighted by Crippen LogP contribution is 2.19. The summed E-state index contributed by atoms with van der Waals surface area (Å²) in [4.78, 5) is 14.1. The van der Waals surface area contributed by atoms with Gasteiger partial charge in [0.1, 0.15) is 5.75 Å². The average Bonchev–Trinajstić information content (AvgIpc) is 2.58. The summed E-state index contributed by atoms with van der Waals surface area (Å²) in [5.74, 6) is 0.484. The van der Waals surface area contributed by atoms with Crippen molar-refractivity contribution in [3.05, 3.63) is 60.2 Å². The molecule has 0 saturated heterocycles. The molecule has 0 N–H and O–H groups in total. The Morgan fingerprint density at radius 2 is 1.75 bits per heavy atom. The lowest BCUT2D eigenvalue weighted by Gasteiger charge is -2.30. The smallest absolute Gasteiger partial charge is 0.410 e. The van der Waals surface area contributed by atoms with E-state index in [-0.39, 0.29) is 0 Å². The van der Waals surface area contributed by atoms with Crippen molar-refractivity contribution in [2.24, 2.45) is 0 Å². The highest BCUT2D eigenvalue weighted by atomic mass is 16.7. The van der Waals surface area contributed by atoms with Gasteiger partial charge in [0.25, 0.3) is 0 Å². The zero-order chi connectivity index (χ0) is 17.4. The molecule has 0 aliphatic heterocycles. The molecule has 0 aromatic heterocycles. The quantitative estimate of drug-likeness (QED) is 0.400. The van der Waals surface area contributed by atoms with Gasteiger partial charge >= 0.3 is 6.16 Å². The summed E-state index contributed by atoms with van der Waals surface area (Å²) >= 11 is 0. The first kappa shape index (κ1) is 17.9. The van der Waals surface area contributed by atoms with Gasteiger partial charge in [-0.1, -0.05) is 49.2 Å². The molecule has 0 spiro atoms. The molecule has 0 bridgehead atoms. The van der Waals surface area contributed by atoms with Crippen LogP contribution in [0, 0.1) is 6.92 Å². The fourth-order valence-corrected chi connectivity index (χ4v) is 2.40. The van der Waals surface area contributed by atoms with Gasteiger partial charge in [-0.25, -0.2) is 4.79 Å². The highest BCUT2D eigenvalue weighted by molar-refractivity contribution is 5.64. The van der Waals surface area contributed by atoms with Crippen LogP contribution in [0.2, 0.25) is 0 Å². The fourth-order valence-electron chi connectivity index (χ4n) is 2.40. The highest BCUT2D eigenvalue weighted by Gasteiger charge is 2.19. The number of hydrogen-bond donors (Lipinski definition) is 0. The van der Waals surface area contributed by atoms with Gasteiger partial charge in [0, 0.05) is 12.2 Å². The Balaban J connectivity index is 1.99. The summed E-state index contributed by atoms with van der Waals surface area (Å²) in [6.45, 7) is 6.80. The second-order valence-corrected chi connectivity index (χ2v) is 5.76. The van der Waals surface area contributed by atoms with Gasteiger partial charge in [-0.3, -0.25) is 0 Å². The maximum atomic E-state index is 12.0. The van der Waals surface area contributed by atoms with Gasteiger partial charge < -0.3 is 14.4 Å². The van der Waals surface area contributed by atoms with Gasteiger partial charge in [0.2, 0.25) is 0 Å². The van der Waals surface area contributed by atoms with Gasteiger partial charge in [-0.15, -0.1) is 0 Å². The molecular formula is C20H25NO3. The lowest BCUT2D eigenvalue weighted by atomic mass is 10.2. The normalized spacial score (nSPS) is 11.6. The van der Waals surface area contributed by atoms with Crippen molar-refractivity contribution in [3.63, 3.8) is 0 Å². The minimum Gasteiger partial charge on any atom is -0.410 e. The zero-order valence-corrected chi connectivity index (χ0v) is 14.6. The molecule has 0 amide bonds. The van der Waals surface area contributed by atoms with Crippen LogP contribution >= 0.6 is 0 Å². The van der Waals surface area contributed by atoms with Crippen molar-refractivity contribution >= 4 is 11.8 Å². The fraction of sp³-hybridized carbons (Fsp3) is 0.350. The number of nitrogens with zero attached hydrogens (tertiary/aromatic N) is 1. The molecule has 2 aromatic carbocycles. The molecule has 2 rings (SSSR count). The minimum atomic E-state index is -0.691.